The number of hydrogen-bond acceptors (Lipinski definition) is 10. The number of rotatable bonds is 10. The lowest BCUT2D eigenvalue weighted by Crippen LogP contribution is -2.47. The smallest absolute Gasteiger partial charge is 0.274 e. The fourth-order valence-electron chi connectivity index (χ4n) is 6.04. The van der Waals surface area contributed by atoms with Gasteiger partial charge in [-0.05, 0) is 24.1 Å². The Morgan fingerprint density at radius 3 is 2.55 bits per heavy atom. The topological polar surface area (TPSA) is 148 Å². The summed E-state index contributed by atoms with van der Waals surface area (Å²) < 4.78 is 5.57. The van der Waals surface area contributed by atoms with Crippen LogP contribution in [0.5, 0.6) is 5.88 Å². The molecule has 242 valence electrons. The van der Waals surface area contributed by atoms with E-state index in [0.29, 0.717) is 88.5 Å². The molecule has 0 bridgehead atoms. The number of fused-ring (bicyclic) bond motifs is 1. The summed E-state index contributed by atoms with van der Waals surface area (Å²) in [7, 11) is 1.55. The van der Waals surface area contributed by atoms with Gasteiger partial charge in [-0.15, -0.1) is 0 Å². The number of aromatic nitrogens is 3. The van der Waals surface area contributed by atoms with Crippen LogP contribution in [0.15, 0.2) is 48.7 Å². The van der Waals surface area contributed by atoms with Crippen molar-refractivity contribution in [3.05, 3.63) is 86.9 Å². The van der Waals surface area contributed by atoms with Crippen molar-refractivity contribution in [1.29, 1.82) is 5.26 Å². The first-order valence-corrected chi connectivity index (χ1v) is 16.0. The molecule has 0 unspecified atom stereocenters. The molecule has 11 nitrogen and oxygen atoms in total. The lowest BCUT2D eigenvalue weighted by Gasteiger charge is -2.37. The number of carbonyl (C=O) groups excluding carboxylic acids is 1. The molecule has 2 aromatic heterocycles. The molecule has 4 aromatic rings. The summed E-state index contributed by atoms with van der Waals surface area (Å²) in [5.74, 6) is 0.181. The molecule has 0 spiro atoms. The molecule has 0 atom stereocenters. The Hall–Kier alpha value is -4.15. The van der Waals surface area contributed by atoms with E-state index in [4.69, 9.17) is 32.9 Å². The van der Waals surface area contributed by atoms with Gasteiger partial charge in [-0.3, -0.25) is 19.6 Å². The maximum atomic E-state index is 13.4. The van der Waals surface area contributed by atoms with Crippen LogP contribution in [0.3, 0.4) is 0 Å². The van der Waals surface area contributed by atoms with Gasteiger partial charge in [-0.1, -0.05) is 53.5 Å². The summed E-state index contributed by atoms with van der Waals surface area (Å²) in [5, 5.41) is 32.0. The summed E-state index contributed by atoms with van der Waals surface area (Å²) in [6.07, 6.45) is 2.28. The number of halogens is 2. The molecule has 1 saturated heterocycles. The Bertz CT molecular complexity index is 1860. The highest BCUT2D eigenvalue weighted by atomic mass is 35.5. The monoisotopic (exact) mass is 673 g/mol. The zero-order valence-corrected chi connectivity index (χ0v) is 27.2. The highest BCUT2D eigenvalue weighted by molar-refractivity contribution is 6.39. The number of pyridine rings is 1. The van der Waals surface area contributed by atoms with E-state index in [1.54, 1.807) is 25.4 Å². The van der Waals surface area contributed by atoms with E-state index in [1.165, 1.54) is 6.07 Å². The Morgan fingerprint density at radius 2 is 1.83 bits per heavy atom. The predicted molar refractivity (Wildman–Crippen MR) is 178 cm³/mol. The summed E-state index contributed by atoms with van der Waals surface area (Å²) in [6.45, 7) is 3.99. The van der Waals surface area contributed by atoms with Crippen molar-refractivity contribution in [2.45, 2.75) is 19.5 Å². The number of anilines is 1. The van der Waals surface area contributed by atoms with Crippen molar-refractivity contribution in [2.75, 3.05) is 51.8 Å². The third-order valence-electron chi connectivity index (χ3n) is 8.51. The van der Waals surface area contributed by atoms with Crippen LogP contribution < -0.4 is 10.1 Å². The molecule has 1 fully saturated rings. The molecular weight excluding hydrogens is 641 g/mol. The molecule has 13 heteroatoms. The number of likely N-dealkylation sites (tertiary alicyclic amines) is 1. The van der Waals surface area contributed by atoms with Crippen molar-refractivity contribution >= 4 is 34.8 Å². The third-order valence-corrected chi connectivity index (χ3v) is 9.33. The van der Waals surface area contributed by atoms with Crippen LogP contribution in [-0.4, -0.2) is 87.4 Å². The highest BCUT2D eigenvalue weighted by Crippen LogP contribution is 2.41. The number of carbonyl (C=O) groups is 1. The Labute approximate surface area is 282 Å². The van der Waals surface area contributed by atoms with Crippen molar-refractivity contribution in [3.63, 3.8) is 0 Å². The summed E-state index contributed by atoms with van der Waals surface area (Å²) >= 11 is 13.9. The Morgan fingerprint density at radius 1 is 1.09 bits per heavy atom. The average Bonchev–Trinajstić information content (AvgIpc) is 3.07. The number of hydrogen-bond donors (Lipinski definition) is 3. The van der Waals surface area contributed by atoms with Gasteiger partial charge in [0.15, 0.2) is 0 Å². The number of aliphatic hydroxyl groups is 2. The lowest BCUT2D eigenvalue weighted by atomic mass is 9.98. The average molecular weight is 675 g/mol. The van der Waals surface area contributed by atoms with Crippen LogP contribution >= 0.6 is 23.2 Å². The van der Waals surface area contributed by atoms with Crippen molar-refractivity contribution in [2.24, 2.45) is 5.92 Å². The van der Waals surface area contributed by atoms with Crippen LogP contribution in [0.4, 0.5) is 5.69 Å². The number of amides is 1. The van der Waals surface area contributed by atoms with Crippen LogP contribution in [0.2, 0.25) is 10.0 Å². The minimum Gasteiger partial charge on any atom is -0.480 e. The van der Waals surface area contributed by atoms with E-state index in [1.807, 2.05) is 29.2 Å². The molecule has 4 heterocycles. The maximum Gasteiger partial charge on any atom is 0.274 e. The second kappa shape index (κ2) is 14.3. The van der Waals surface area contributed by atoms with Crippen LogP contribution in [0, 0.1) is 17.2 Å². The summed E-state index contributed by atoms with van der Waals surface area (Å²) in [4.78, 5) is 31.5. The molecule has 0 radical (unpaired) electrons. The predicted octanol–water partition coefficient (Wildman–Crippen LogP) is 4.42. The zero-order chi connectivity index (χ0) is 33.1. The minimum atomic E-state index is -0.505. The number of nitrogens with one attached hydrogen (secondary N) is 1. The van der Waals surface area contributed by atoms with Crippen LogP contribution in [0.1, 0.15) is 33.0 Å². The minimum absolute atomic E-state index is 0.0160. The van der Waals surface area contributed by atoms with Crippen molar-refractivity contribution in [3.8, 4) is 34.3 Å². The second-order valence-corrected chi connectivity index (χ2v) is 12.3. The molecule has 6 rings (SSSR count). The summed E-state index contributed by atoms with van der Waals surface area (Å²) in [5.41, 5.74) is 5.45. The number of nitrogens with zero attached hydrogens (tertiary/aromatic N) is 6. The lowest BCUT2D eigenvalue weighted by molar-refractivity contribution is 0.0462. The van der Waals surface area contributed by atoms with Crippen molar-refractivity contribution < 1.29 is 19.7 Å². The van der Waals surface area contributed by atoms with Gasteiger partial charge in [0.05, 0.1) is 58.7 Å². The van der Waals surface area contributed by atoms with E-state index in [2.05, 4.69) is 26.3 Å². The fourth-order valence-corrected chi connectivity index (χ4v) is 6.64. The van der Waals surface area contributed by atoms with Gasteiger partial charge in [-0.25, -0.2) is 9.97 Å². The van der Waals surface area contributed by atoms with Gasteiger partial charge >= 0.3 is 0 Å². The van der Waals surface area contributed by atoms with E-state index in [0.717, 1.165) is 18.7 Å². The van der Waals surface area contributed by atoms with E-state index in [-0.39, 0.29) is 29.8 Å². The molecule has 2 aliphatic rings. The number of ether oxygens (including phenoxy) is 1. The molecule has 2 aliphatic heterocycles. The maximum absolute atomic E-state index is 13.4. The van der Waals surface area contributed by atoms with Gasteiger partial charge in [0.1, 0.15) is 11.4 Å². The number of methoxy groups -OCH3 is 1. The number of β-amino-alcohol motifs (C(OH)–C–C–N with tert-alkyl or cyclic N) is 1. The van der Waals surface area contributed by atoms with Crippen LogP contribution in [0.25, 0.3) is 22.4 Å². The van der Waals surface area contributed by atoms with Gasteiger partial charge in [0, 0.05) is 68.5 Å². The SMILES string of the molecule is COc1nc(-c2cccc(-c3cccc(NC(=O)c4cc(C#N)c5c(n4)CN(CCO)CC5)c3Cl)c2Cl)cnc1CN1CC(CO)C1. The zero-order valence-electron chi connectivity index (χ0n) is 25.7. The molecule has 1 amide bonds. The first kappa shape index (κ1) is 32.8. The molecular formula is C34H33Cl2N7O4. The van der Waals surface area contributed by atoms with Crippen LogP contribution in [-0.2, 0) is 19.5 Å². The summed E-state index contributed by atoms with van der Waals surface area (Å²) in [6, 6.07) is 14.5. The number of benzene rings is 2. The number of nitriles is 1. The van der Waals surface area contributed by atoms with Gasteiger partial charge < -0.3 is 20.3 Å². The molecule has 47 heavy (non-hydrogen) atoms. The quantitative estimate of drug-likeness (QED) is 0.221. The Kier molecular flexibility index (Phi) is 9.98. The number of aliphatic hydroxyl groups excluding tert-OH is 2. The van der Waals surface area contributed by atoms with Gasteiger partial charge in [0.2, 0.25) is 5.88 Å². The first-order valence-electron chi connectivity index (χ1n) is 15.2. The second-order valence-electron chi connectivity index (χ2n) is 11.6. The normalized spacial score (nSPS) is 15.1. The van der Waals surface area contributed by atoms with Gasteiger partial charge in [-0.2, -0.15) is 5.26 Å². The largest absolute Gasteiger partial charge is 0.480 e. The molecule has 3 N–H and O–H groups in total. The highest BCUT2D eigenvalue weighted by Gasteiger charge is 2.28. The first-order chi connectivity index (χ1) is 22.8. The Balaban J connectivity index is 1.25. The van der Waals surface area contributed by atoms with Crippen molar-refractivity contribution in [1.82, 2.24) is 24.8 Å². The van der Waals surface area contributed by atoms with E-state index in [9.17, 15) is 20.3 Å². The van der Waals surface area contributed by atoms with E-state index >= 15 is 0 Å². The standard InChI is InChI=1S/C34H33Cl2N7O4/c1-47-34-30(18-43-15-20(16-43)19-45)38-14-28(41-34)25-6-2-4-23(31(25)35)24-5-3-7-26(32(24)36)40-33(46)27-12-21(13-37)22-8-9-42(10-11-44)17-29(22)39-27/h2-7,12,14,20,44-45H,8-11,15-19H2,1H3,(H,40,46). The molecule has 2 aromatic carbocycles. The molecule has 0 saturated carbocycles. The van der Waals surface area contributed by atoms with E-state index < -0.39 is 5.91 Å². The van der Waals surface area contributed by atoms with Gasteiger partial charge in [0.25, 0.3) is 5.91 Å². The molecule has 0 aliphatic carbocycles. The third kappa shape index (κ3) is 6.80. The fraction of sp³-hybridized carbons (Fsp3) is 0.324.